The summed E-state index contributed by atoms with van der Waals surface area (Å²) in [6.07, 6.45) is 0.0659. The van der Waals surface area contributed by atoms with Crippen LogP contribution in [0, 0.1) is 11.6 Å². The maximum Gasteiger partial charge on any atom is 0.247 e. The number of aromatic nitrogens is 1. The summed E-state index contributed by atoms with van der Waals surface area (Å²) >= 11 is 1.12. The van der Waals surface area contributed by atoms with Crippen LogP contribution in [0.5, 0.6) is 0 Å². The summed E-state index contributed by atoms with van der Waals surface area (Å²) in [4.78, 5) is 16.7. The van der Waals surface area contributed by atoms with Crippen molar-refractivity contribution in [2.24, 2.45) is 5.73 Å². The number of rotatable bonds is 6. The van der Waals surface area contributed by atoms with E-state index in [0.29, 0.717) is 10.8 Å². The number of thioether (sulfide) groups is 1. The largest absolute Gasteiger partial charge is 0.386 e. The minimum absolute atomic E-state index is 0.0659. The second-order valence-corrected chi connectivity index (χ2v) is 9.51. The molecule has 0 bridgehead atoms. The van der Waals surface area contributed by atoms with Gasteiger partial charge in [-0.3, -0.25) is 4.79 Å². The molecule has 170 valence electrons. The number of pyridine rings is 1. The van der Waals surface area contributed by atoms with Crippen LogP contribution in [0.15, 0.2) is 71.3 Å². The van der Waals surface area contributed by atoms with Crippen LogP contribution in [0.1, 0.15) is 36.6 Å². The van der Waals surface area contributed by atoms with Crippen LogP contribution in [-0.2, 0) is 10.4 Å². The number of primary amides is 1. The molecule has 1 aliphatic rings. The molecular formula is C25H23F2N3O2S. The van der Waals surface area contributed by atoms with Gasteiger partial charge >= 0.3 is 0 Å². The van der Waals surface area contributed by atoms with Crippen molar-refractivity contribution in [1.29, 1.82) is 0 Å². The number of nitrogens with two attached hydrogens (primary N) is 1. The summed E-state index contributed by atoms with van der Waals surface area (Å²) in [5.41, 5.74) is 6.07. The highest BCUT2D eigenvalue weighted by Gasteiger charge is 2.34. The van der Waals surface area contributed by atoms with Gasteiger partial charge in [0, 0.05) is 21.9 Å². The van der Waals surface area contributed by atoms with Gasteiger partial charge in [-0.2, -0.15) is 0 Å². The Kier molecular flexibility index (Phi) is 6.23. The SMILES string of the molecule is CC(C)(O)c1cc(F)c(C2CC(C(N)=O)=C(Nc3cccc(-c4ccccc4)n3)S2)c(F)c1. The Morgan fingerprint density at radius 3 is 2.39 bits per heavy atom. The molecule has 3 aromatic rings. The number of halogens is 2. The average molecular weight is 468 g/mol. The molecule has 1 aromatic heterocycles. The Hall–Kier alpha value is -3.23. The van der Waals surface area contributed by atoms with Crippen molar-refractivity contribution >= 4 is 23.5 Å². The van der Waals surface area contributed by atoms with E-state index in [4.69, 9.17) is 5.73 Å². The maximum atomic E-state index is 14.9. The van der Waals surface area contributed by atoms with Crippen molar-refractivity contribution in [3.63, 3.8) is 0 Å². The van der Waals surface area contributed by atoms with Gasteiger partial charge in [-0.05, 0) is 50.1 Å². The zero-order valence-electron chi connectivity index (χ0n) is 18.1. The highest BCUT2D eigenvalue weighted by molar-refractivity contribution is 8.03. The zero-order valence-corrected chi connectivity index (χ0v) is 18.9. The van der Waals surface area contributed by atoms with E-state index in [9.17, 15) is 18.7 Å². The number of hydrogen-bond acceptors (Lipinski definition) is 5. The first-order valence-electron chi connectivity index (χ1n) is 10.3. The van der Waals surface area contributed by atoms with E-state index in [2.05, 4.69) is 10.3 Å². The maximum absolute atomic E-state index is 14.9. The Morgan fingerprint density at radius 1 is 1.12 bits per heavy atom. The number of hydrogen-bond donors (Lipinski definition) is 3. The van der Waals surface area contributed by atoms with Gasteiger partial charge in [0.15, 0.2) is 0 Å². The van der Waals surface area contributed by atoms with Crippen LogP contribution < -0.4 is 11.1 Å². The fourth-order valence-electron chi connectivity index (χ4n) is 3.65. The molecular weight excluding hydrogens is 444 g/mol. The minimum atomic E-state index is -1.39. The van der Waals surface area contributed by atoms with Gasteiger partial charge in [-0.1, -0.05) is 48.2 Å². The number of anilines is 1. The number of aliphatic hydroxyl groups is 1. The topological polar surface area (TPSA) is 88.2 Å². The molecule has 5 nitrogen and oxygen atoms in total. The lowest BCUT2D eigenvalue weighted by molar-refractivity contribution is -0.114. The minimum Gasteiger partial charge on any atom is -0.386 e. The first kappa shape index (κ1) is 22.9. The molecule has 1 unspecified atom stereocenters. The summed E-state index contributed by atoms with van der Waals surface area (Å²) in [6, 6.07) is 17.3. The molecule has 4 N–H and O–H groups in total. The Balaban J connectivity index is 1.62. The fraction of sp³-hybridized carbons (Fsp3) is 0.200. The monoisotopic (exact) mass is 467 g/mol. The summed E-state index contributed by atoms with van der Waals surface area (Å²) in [5, 5.41) is 12.9. The van der Waals surface area contributed by atoms with Crippen LogP contribution in [0.2, 0.25) is 0 Å². The third-order valence-corrected chi connectivity index (χ3v) is 6.66. The molecule has 1 atom stereocenters. The molecule has 0 radical (unpaired) electrons. The molecule has 0 fully saturated rings. The zero-order chi connectivity index (χ0) is 23.8. The first-order valence-corrected chi connectivity index (χ1v) is 11.2. The molecule has 1 amide bonds. The number of nitrogens with one attached hydrogen (secondary N) is 1. The quantitative estimate of drug-likeness (QED) is 0.461. The molecule has 2 heterocycles. The average Bonchev–Trinajstić information content (AvgIpc) is 3.17. The highest BCUT2D eigenvalue weighted by Crippen LogP contribution is 2.49. The van der Waals surface area contributed by atoms with Crippen LogP contribution >= 0.6 is 11.8 Å². The van der Waals surface area contributed by atoms with E-state index < -0.39 is 28.4 Å². The molecule has 0 saturated heterocycles. The highest BCUT2D eigenvalue weighted by atomic mass is 32.2. The molecule has 0 saturated carbocycles. The summed E-state index contributed by atoms with van der Waals surface area (Å²) in [6.45, 7) is 2.91. The Bertz CT molecular complexity index is 1220. The van der Waals surface area contributed by atoms with Gasteiger partial charge in [-0.25, -0.2) is 13.8 Å². The summed E-state index contributed by atoms with van der Waals surface area (Å²) < 4.78 is 29.8. The van der Waals surface area contributed by atoms with E-state index in [1.807, 2.05) is 42.5 Å². The van der Waals surface area contributed by atoms with E-state index in [-0.39, 0.29) is 23.1 Å². The van der Waals surface area contributed by atoms with Crippen LogP contribution in [0.3, 0.4) is 0 Å². The second kappa shape index (κ2) is 8.96. The van der Waals surface area contributed by atoms with Gasteiger partial charge in [0.1, 0.15) is 17.5 Å². The molecule has 0 spiro atoms. The van der Waals surface area contributed by atoms with E-state index in [0.717, 1.165) is 35.2 Å². The lowest BCUT2D eigenvalue weighted by Gasteiger charge is -2.20. The molecule has 1 aliphatic heterocycles. The second-order valence-electron chi connectivity index (χ2n) is 8.29. The van der Waals surface area contributed by atoms with Crippen molar-refractivity contribution < 1.29 is 18.7 Å². The van der Waals surface area contributed by atoms with Crippen molar-refractivity contribution in [3.05, 3.63) is 94.0 Å². The van der Waals surface area contributed by atoms with Gasteiger partial charge in [-0.15, -0.1) is 0 Å². The van der Waals surface area contributed by atoms with Crippen molar-refractivity contribution in [1.82, 2.24) is 4.98 Å². The van der Waals surface area contributed by atoms with Gasteiger partial charge < -0.3 is 16.2 Å². The number of nitrogens with zero attached hydrogens (tertiary/aromatic N) is 1. The standard InChI is InChI=1S/C25H23F2N3O2S/c1-25(2,32)15-11-17(26)22(18(27)12-15)20-13-16(23(28)31)24(33-20)30-21-10-6-9-19(29-21)14-7-4-3-5-8-14/h3-12,20,32H,13H2,1-2H3,(H2,28,31)(H,29,30). The Labute approximate surface area is 194 Å². The summed E-state index contributed by atoms with van der Waals surface area (Å²) in [5.74, 6) is -1.74. The Morgan fingerprint density at radius 2 is 1.79 bits per heavy atom. The third kappa shape index (κ3) is 4.91. The van der Waals surface area contributed by atoms with Gasteiger partial charge in [0.25, 0.3) is 0 Å². The number of carbonyl (C=O) groups excluding carboxylic acids is 1. The molecule has 0 aliphatic carbocycles. The lowest BCUT2D eigenvalue weighted by Crippen LogP contribution is -2.17. The van der Waals surface area contributed by atoms with Crippen LogP contribution in [0.25, 0.3) is 11.3 Å². The normalized spacial score (nSPS) is 16.2. The third-order valence-electron chi connectivity index (χ3n) is 5.39. The number of carbonyl (C=O) groups is 1. The molecule has 4 rings (SSSR count). The predicted molar refractivity (Wildman–Crippen MR) is 126 cm³/mol. The lowest BCUT2D eigenvalue weighted by atomic mass is 9.94. The van der Waals surface area contributed by atoms with E-state index >= 15 is 0 Å². The van der Waals surface area contributed by atoms with Crippen molar-refractivity contribution in [2.75, 3.05) is 5.32 Å². The first-order chi connectivity index (χ1) is 15.6. The number of amides is 1. The summed E-state index contributed by atoms with van der Waals surface area (Å²) in [7, 11) is 0. The molecule has 8 heteroatoms. The van der Waals surface area contributed by atoms with E-state index in [1.54, 1.807) is 6.07 Å². The predicted octanol–water partition coefficient (Wildman–Crippen LogP) is 5.24. The smallest absolute Gasteiger partial charge is 0.247 e. The fourth-order valence-corrected chi connectivity index (χ4v) is 5.01. The van der Waals surface area contributed by atoms with Crippen LogP contribution in [-0.4, -0.2) is 16.0 Å². The van der Waals surface area contributed by atoms with Gasteiger partial charge in [0.05, 0.1) is 16.3 Å². The molecule has 33 heavy (non-hydrogen) atoms. The van der Waals surface area contributed by atoms with Crippen LogP contribution in [0.4, 0.5) is 14.6 Å². The van der Waals surface area contributed by atoms with E-state index in [1.165, 1.54) is 13.8 Å². The number of benzene rings is 2. The van der Waals surface area contributed by atoms with Crippen molar-refractivity contribution in [2.45, 2.75) is 31.1 Å². The van der Waals surface area contributed by atoms with Gasteiger partial charge in [0.2, 0.25) is 5.91 Å². The van der Waals surface area contributed by atoms with Crippen molar-refractivity contribution in [3.8, 4) is 11.3 Å². The molecule has 2 aromatic carbocycles.